The van der Waals surface area contributed by atoms with Crippen LogP contribution in [0.5, 0.6) is 0 Å². The second-order valence-electron chi connectivity index (χ2n) is 8.31. The Morgan fingerprint density at radius 3 is 2.46 bits per heavy atom. The lowest BCUT2D eigenvalue weighted by molar-refractivity contribution is 0.0943. The van der Waals surface area contributed by atoms with E-state index in [1.807, 2.05) is 42.5 Å². The fourth-order valence-corrected chi connectivity index (χ4v) is 5.16. The van der Waals surface area contributed by atoms with Crippen LogP contribution in [-0.2, 0) is 10.0 Å². The molecule has 1 amide bonds. The number of rotatable bonds is 4. The van der Waals surface area contributed by atoms with Gasteiger partial charge in [-0.25, -0.2) is 18.5 Å². The molecule has 8 nitrogen and oxygen atoms in total. The number of aromatic amines is 1. The summed E-state index contributed by atoms with van der Waals surface area (Å²) in [5.41, 5.74) is 6.49. The molecule has 2 aromatic heterocycles. The van der Waals surface area contributed by atoms with Crippen LogP contribution in [0.15, 0.2) is 90.1 Å². The van der Waals surface area contributed by atoms with Gasteiger partial charge in [-0.3, -0.25) is 9.78 Å². The van der Waals surface area contributed by atoms with E-state index < -0.39 is 10.0 Å². The molecule has 3 aromatic carbocycles. The Morgan fingerprint density at radius 1 is 0.914 bits per heavy atom. The molecule has 1 unspecified atom stereocenters. The molecular weight excluding hydrogens is 462 g/mol. The third-order valence-corrected chi connectivity index (χ3v) is 7.11. The van der Waals surface area contributed by atoms with Crippen LogP contribution in [-0.4, -0.2) is 29.3 Å². The molecule has 0 saturated carbocycles. The molecule has 0 spiro atoms. The van der Waals surface area contributed by atoms with E-state index in [2.05, 4.69) is 15.3 Å². The van der Waals surface area contributed by atoms with Gasteiger partial charge in [-0.15, -0.1) is 0 Å². The SMILES string of the molecule is NS(=O)(=O)c1ccc2nc(-c3cccc4c3-c3ccccc3C4NC(=O)c3ccncc3)[nH]c2c1. The number of aromatic nitrogens is 3. The van der Waals surface area contributed by atoms with E-state index >= 15 is 0 Å². The second-order valence-corrected chi connectivity index (χ2v) is 9.87. The zero-order valence-electron chi connectivity index (χ0n) is 18.3. The van der Waals surface area contributed by atoms with Gasteiger partial charge in [0, 0.05) is 23.5 Å². The van der Waals surface area contributed by atoms with Gasteiger partial charge in [0.15, 0.2) is 0 Å². The maximum atomic E-state index is 13.0. The molecule has 172 valence electrons. The zero-order chi connectivity index (χ0) is 24.2. The summed E-state index contributed by atoms with van der Waals surface area (Å²) in [6.45, 7) is 0. The van der Waals surface area contributed by atoms with Gasteiger partial charge in [-0.05, 0) is 52.6 Å². The van der Waals surface area contributed by atoms with Gasteiger partial charge < -0.3 is 10.3 Å². The van der Waals surface area contributed by atoms with Crippen LogP contribution in [0.3, 0.4) is 0 Å². The largest absolute Gasteiger partial charge is 0.341 e. The minimum atomic E-state index is -3.83. The van der Waals surface area contributed by atoms with Crippen molar-refractivity contribution in [2.75, 3.05) is 0 Å². The first-order valence-corrected chi connectivity index (χ1v) is 12.4. The van der Waals surface area contributed by atoms with Gasteiger partial charge in [0.05, 0.1) is 22.0 Å². The Bertz CT molecular complexity index is 1730. The van der Waals surface area contributed by atoms with Crippen molar-refractivity contribution in [2.45, 2.75) is 10.9 Å². The molecule has 1 atom stereocenters. The Morgan fingerprint density at radius 2 is 1.66 bits per heavy atom. The Hall–Kier alpha value is -4.34. The Balaban J connectivity index is 1.48. The molecule has 5 aromatic rings. The maximum absolute atomic E-state index is 13.0. The molecule has 2 heterocycles. The number of fused-ring (bicyclic) bond motifs is 4. The van der Waals surface area contributed by atoms with Crippen LogP contribution in [0.1, 0.15) is 27.5 Å². The predicted octanol–water partition coefficient (Wildman–Crippen LogP) is 3.77. The van der Waals surface area contributed by atoms with Crippen molar-refractivity contribution in [1.82, 2.24) is 20.3 Å². The molecule has 0 saturated heterocycles. The van der Waals surface area contributed by atoms with Gasteiger partial charge in [-0.2, -0.15) is 0 Å². The summed E-state index contributed by atoms with van der Waals surface area (Å²) in [6, 6.07) is 21.4. The molecular formula is C26H19N5O3S. The van der Waals surface area contributed by atoms with Gasteiger partial charge >= 0.3 is 0 Å². The van der Waals surface area contributed by atoms with Gasteiger partial charge in [-0.1, -0.05) is 42.5 Å². The summed E-state index contributed by atoms with van der Waals surface area (Å²) in [5, 5.41) is 8.45. The first-order valence-electron chi connectivity index (χ1n) is 10.9. The van der Waals surface area contributed by atoms with Crippen molar-refractivity contribution in [2.24, 2.45) is 5.14 Å². The highest BCUT2D eigenvalue weighted by atomic mass is 32.2. The maximum Gasteiger partial charge on any atom is 0.252 e. The van der Waals surface area contributed by atoms with Crippen LogP contribution >= 0.6 is 0 Å². The molecule has 35 heavy (non-hydrogen) atoms. The summed E-state index contributed by atoms with van der Waals surface area (Å²) in [7, 11) is -3.83. The number of sulfonamides is 1. The number of amides is 1. The first kappa shape index (κ1) is 21.2. The van der Waals surface area contributed by atoms with E-state index in [0.29, 0.717) is 22.4 Å². The lowest BCUT2D eigenvalue weighted by Crippen LogP contribution is -2.28. The number of hydrogen-bond donors (Lipinski definition) is 3. The average Bonchev–Trinajstić information content (AvgIpc) is 3.43. The standard InChI is InChI=1S/C26H19N5O3S/c27-35(33,34)16-8-9-21-22(14-16)30-25(29-21)20-7-3-6-19-23(20)17-4-1-2-5-18(17)24(19)31-26(32)15-10-12-28-13-11-15/h1-14,24H,(H,29,30)(H,31,32)(H2,27,33,34). The molecule has 0 aliphatic heterocycles. The molecule has 9 heteroatoms. The number of imidazole rings is 1. The number of primary sulfonamides is 1. The summed E-state index contributed by atoms with van der Waals surface area (Å²) in [4.78, 5) is 24.9. The summed E-state index contributed by atoms with van der Waals surface area (Å²) in [5.74, 6) is 0.407. The minimum absolute atomic E-state index is 0.0164. The van der Waals surface area contributed by atoms with E-state index in [-0.39, 0.29) is 16.8 Å². The number of nitrogens with one attached hydrogen (secondary N) is 2. The third kappa shape index (κ3) is 3.58. The molecule has 0 fully saturated rings. The van der Waals surface area contributed by atoms with Crippen molar-refractivity contribution >= 4 is 27.0 Å². The van der Waals surface area contributed by atoms with Crippen molar-refractivity contribution in [1.29, 1.82) is 0 Å². The molecule has 0 radical (unpaired) electrons. The predicted molar refractivity (Wildman–Crippen MR) is 132 cm³/mol. The summed E-state index contributed by atoms with van der Waals surface area (Å²) >= 11 is 0. The highest BCUT2D eigenvalue weighted by Gasteiger charge is 2.32. The lowest BCUT2D eigenvalue weighted by atomic mass is 9.98. The Kier molecular flexibility index (Phi) is 4.77. The van der Waals surface area contributed by atoms with Crippen LogP contribution in [0.2, 0.25) is 0 Å². The number of carbonyl (C=O) groups is 1. The fraction of sp³-hybridized carbons (Fsp3) is 0.0385. The molecule has 4 N–H and O–H groups in total. The second kappa shape index (κ2) is 7.86. The molecule has 1 aliphatic carbocycles. The van der Waals surface area contributed by atoms with Crippen LogP contribution in [0.4, 0.5) is 0 Å². The van der Waals surface area contributed by atoms with Crippen molar-refractivity contribution in [3.05, 3.63) is 102 Å². The molecule has 6 rings (SSSR count). The average molecular weight is 482 g/mol. The summed E-state index contributed by atoms with van der Waals surface area (Å²) < 4.78 is 23.6. The number of nitrogens with two attached hydrogens (primary N) is 1. The monoisotopic (exact) mass is 481 g/mol. The first-order chi connectivity index (χ1) is 16.9. The molecule has 1 aliphatic rings. The van der Waals surface area contributed by atoms with Crippen molar-refractivity contribution in [3.63, 3.8) is 0 Å². The smallest absolute Gasteiger partial charge is 0.252 e. The highest BCUT2D eigenvalue weighted by molar-refractivity contribution is 7.89. The highest BCUT2D eigenvalue weighted by Crippen LogP contribution is 2.47. The number of nitrogens with zero attached hydrogens (tertiary/aromatic N) is 2. The van der Waals surface area contributed by atoms with E-state index in [9.17, 15) is 13.2 Å². The number of benzene rings is 3. The van der Waals surface area contributed by atoms with Crippen molar-refractivity contribution < 1.29 is 13.2 Å². The number of carbonyl (C=O) groups excluding carboxylic acids is 1. The fourth-order valence-electron chi connectivity index (χ4n) is 4.62. The summed E-state index contributed by atoms with van der Waals surface area (Å²) in [6.07, 6.45) is 3.18. The Labute approximate surface area is 200 Å². The molecule has 0 bridgehead atoms. The van der Waals surface area contributed by atoms with Crippen LogP contribution in [0.25, 0.3) is 33.5 Å². The zero-order valence-corrected chi connectivity index (χ0v) is 19.1. The van der Waals surface area contributed by atoms with Crippen LogP contribution in [0, 0.1) is 0 Å². The minimum Gasteiger partial charge on any atom is -0.341 e. The van der Waals surface area contributed by atoms with E-state index in [0.717, 1.165) is 27.8 Å². The number of H-pyrrole nitrogens is 1. The van der Waals surface area contributed by atoms with E-state index in [1.165, 1.54) is 12.1 Å². The number of pyridine rings is 1. The van der Waals surface area contributed by atoms with Gasteiger partial charge in [0.1, 0.15) is 5.82 Å². The van der Waals surface area contributed by atoms with Crippen molar-refractivity contribution in [3.8, 4) is 22.5 Å². The lowest BCUT2D eigenvalue weighted by Gasteiger charge is -2.16. The van der Waals surface area contributed by atoms with Gasteiger partial charge in [0.2, 0.25) is 10.0 Å². The quantitative estimate of drug-likeness (QED) is 0.360. The van der Waals surface area contributed by atoms with Crippen LogP contribution < -0.4 is 10.5 Å². The van der Waals surface area contributed by atoms with E-state index in [1.54, 1.807) is 30.6 Å². The van der Waals surface area contributed by atoms with E-state index in [4.69, 9.17) is 10.1 Å². The third-order valence-electron chi connectivity index (χ3n) is 6.20. The van der Waals surface area contributed by atoms with Gasteiger partial charge in [0.25, 0.3) is 5.91 Å². The topological polar surface area (TPSA) is 131 Å². The number of hydrogen-bond acceptors (Lipinski definition) is 5. The normalized spacial score (nSPS) is 14.5.